The molecule has 0 unspecified atom stereocenters. The normalized spacial score (nSPS) is 14.0. The zero-order valence-electron chi connectivity index (χ0n) is 32.3. The molecule has 1 heterocycles. The summed E-state index contributed by atoms with van der Waals surface area (Å²) in [6, 6.07) is 25.2. The number of nitrogens with two attached hydrogens (primary N) is 1. The van der Waals surface area contributed by atoms with Gasteiger partial charge in [-0.2, -0.15) is 0 Å². The van der Waals surface area contributed by atoms with Gasteiger partial charge in [0.15, 0.2) is 0 Å². The van der Waals surface area contributed by atoms with E-state index in [-0.39, 0.29) is 19.3 Å². The van der Waals surface area contributed by atoms with E-state index < -0.39 is 71.4 Å². The van der Waals surface area contributed by atoms with Gasteiger partial charge in [-0.1, -0.05) is 91.0 Å². The van der Waals surface area contributed by atoms with Gasteiger partial charge in [-0.05, 0) is 61.2 Å². The highest BCUT2D eigenvalue weighted by atomic mass is 16.6. The standard InChI is InChI=1S/C43H48N6O8/c1-42(2,3)57-41(56)48-34(22-30-25-45-32-17-11-10-16-31(30)32)39(54)49-43(4,24-27-18-19-28-14-8-9-15-29(28)20-27)40(55)47-35(23-36(50)51)38(53)46-33(37(44)52)21-26-12-6-5-7-13-26/h5-20,25,33-35,45H,21-24H2,1-4H3,(H2,44,52)(H,46,53)(H,47,55)(H,48,56)(H,49,54)(H,50,51)/t33-,34-,35-,43-/m0/s1. The van der Waals surface area contributed by atoms with E-state index >= 15 is 0 Å². The van der Waals surface area contributed by atoms with Gasteiger partial charge in [-0.15, -0.1) is 0 Å². The summed E-state index contributed by atoms with van der Waals surface area (Å²) in [5.74, 6) is -4.88. The molecule has 0 bridgehead atoms. The van der Waals surface area contributed by atoms with Gasteiger partial charge in [0.25, 0.3) is 0 Å². The van der Waals surface area contributed by atoms with E-state index in [2.05, 4.69) is 26.3 Å². The summed E-state index contributed by atoms with van der Waals surface area (Å²) in [6.07, 6.45) is -0.0644. The van der Waals surface area contributed by atoms with Gasteiger partial charge < -0.3 is 41.8 Å². The van der Waals surface area contributed by atoms with Crippen molar-refractivity contribution in [3.05, 3.63) is 120 Å². The van der Waals surface area contributed by atoms with Gasteiger partial charge in [-0.25, -0.2) is 4.79 Å². The van der Waals surface area contributed by atoms with E-state index in [0.717, 1.165) is 21.7 Å². The van der Waals surface area contributed by atoms with Crippen LogP contribution in [0.1, 0.15) is 50.8 Å². The molecule has 0 aliphatic heterocycles. The van der Waals surface area contributed by atoms with Gasteiger partial charge in [0.1, 0.15) is 29.3 Å². The highest BCUT2D eigenvalue weighted by Gasteiger charge is 2.40. The molecule has 0 aliphatic carbocycles. The Kier molecular flexibility index (Phi) is 13.0. The second kappa shape index (κ2) is 17.8. The van der Waals surface area contributed by atoms with Gasteiger partial charge in [0, 0.05) is 36.4 Å². The quantitative estimate of drug-likeness (QED) is 0.0773. The average molecular weight is 777 g/mol. The third-order valence-electron chi connectivity index (χ3n) is 9.32. The van der Waals surface area contributed by atoms with Crippen molar-refractivity contribution in [3.8, 4) is 0 Å². The van der Waals surface area contributed by atoms with Crippen LogP contribution in [-0.2, 0) is 48.0 Å². The Morgan fingerprint density at radius 2 is 1.39 bits per heavy atom. The minimum absolute atomic E-state index is 0.00271. The number of aromatic nitrogens is 1. The summed E-state index contributed by atoms with van der Waals surface area (Å²) in [5.41, 5.74) is 5.74. The first-order valence-corrected chi connectivity index (χ1v) is 18.5. The first-order chi connectivity index (χ1) is 27.0. The molecule has 0 fully saturated rings. The lowest BCUT2D eigenvalue weighted by atomic mass is 9.89. The molecule has 5 amide bonds. The number of ether oxygens (including phenoxy) is 1. The van der Waals surface area contributed by atoms with Crippen molar-refractivity contribution in [2.75, 3.05) is 0 Å². The minimum atomic E-state index is -1.84. The van der Waals surface area contributed by atoms with E-state index in [1.165, 1.54) is 6.92 Å². The molecule has 0 aliphatic rings. The van der Waals surface area contributed by atoms with Crippen LogP contribution in [0.2, 0.25) is 0 Å². The van der Waals surface area contributed by atoms with Gasteiger partial charge in [0.05, 0.1) is 6.42 Å². The van der Waals surface area contributed by atoms with Crippen LogP contribution in [0.5, 0.6) is 0 Å². The molecule has 0 saturated heterocycles. The maximum absolute atomic E-state index is 14.5. The second-order valence-electron chi connectivity index (χ2n) is 15.2. The molecule has 4 atom stereocenters. The zero-order chi connectivity index (χ0) is 41.3. The molecule has 8 N–H and O–H groups in total. The van der Waals surface area contributed by atoms with E-state index in [9.17, 15) is 33.9 Å². The molecule has 0 spiro atoms. The Morgan fingerprint density at radius 1 is 0.719 bits per heavy atom. The number of aromatic amines is 1. The molecule has 5 rings (SSSR count). The Labute approximate surface area is 329 Å². The predicted molar refractivity (Wildman–Crippen MR) is 215 cm³/mol. The fourth-order valence-corrected chi connectivity index (χ4v) is 6.52. The summed E-state index contributed by atoms with van der Waals surface area (Å²) in [4.78, 5) is 83.3. The number of alkyl carbamates (subject to hydrolysis) is 1. The number of carbonyl (C=O) groups excluding carboxylic acids is 5. The van der Waals surface area contributed by atoms with Crippen LogP contribution in [0, 0.1) is 0 Å². The van der Waals surface area contributed by atoms with Crippen molar-refractivity contribution in [1.82, 2.24) is 26.3 Å². The first-order valence-electron chi connectivity index (χ1n) is 18.5. The number of fused-ring (bicyclic) bond motifs is 2. The number of hydrogen-bond donors (Lipinski definition) is 7. The molecular formula is C43H48N6O8. The summed E-state index contributed by atoms with van der Waals surface area (Å²) in [5, 5.41) is 22.9. The Hall–Kier alpha value is -6.70. The van der Waals surface area contributed by atoms with E-state index in [4.69, 9.17) is 10.5 Å². The lowest BCUT2D eigenvalue weighted by Crippen LogP contribution is -2.64. The lowest BCUT2D eigenvalue weighted by Gasteiger charge is -2.33. The molecule has 14 nitrogen and oxygen atoms in total. The molecule has 57 heavy (non-hydrogen) atoms. The number of carbonyl (C=O) groups is 6. The Morgan fingerprint density at radius 3 is 2.07 bits per heavy atom. The maximum Gasteiger partial charge on any atom is 0.408 e. The molecular weight excluding hydrogens is 729 g/mol. The number of aliphatic carboxylic acids is 1. The van der Waals surface area contributed by atoms with Crippen LogP contribution in [0.3, 0.4) is 0 Å². The molecule has 4 aromatic carbocycles. The van der Waals surface area contributed by atoms with Gasteiger partial charge >= 0.3 is 12.1 Å². The van der Waals surface area contributed by atoms with E-state index in [1.807, 2.05) is 60.7 Å². The number of benzene rings is 4. The highest BCUT2D eigenvalue weighted by molar-refractivity contribution is 5.99. The van der Waals surface area contributed by atoms with Crippen molar-refractivity contribution in [2.45, 2.75) is 82.6 Å². The minimum Gasteiger partial charge on any atom is -0.481 e. The summed E-state index contributed by atoms with van der Waals surface area (Å²) in [7, 11) is 0. The fourth-order valence-electron chi connectivity index (χ4n) is 6.52. The molecule has 0 saturated carbocycles. The predicted octanol–water partition coefficient (Wildman–Crippen LogP) is 4.05. The van der Waals surface area contributed by atoms with Crippen molar-refractivity contribution in [1.29, 1.82) is 0 Å². The molecule has 14 heteroatoms. The van der Waals surface area contributed by atoms with Crippen LogP contribution >= 0.6 is 0 Å². The third kappa shape index (κ3) is 11.4. The number of carboxylic acids is 1. The smallest absolute Gasteiger partial charge is 0.408 e. The molecule has 5 aromatic rings. The Balaban J connectivity index is 1.47. The lowest BCUT2D eigenvalue weighted by molar-refractivity contribution is -0.142. The van der Waals surface area contributed by atoms with Crippen molar-refractivity contribution in [3.63, 3.8) is 0 Å². The Bertz CT molecular complexity index is 2270. The van der Waals surface area contributed by atoms with E-state index in [1.54, 1.807) is 63.4 Å². The molecule has 0 radical (unpaired) electrons. The number of rotatable bonds is 16. The number of primary amides is 1. The molecule has 1 aromatic heterocycles. The average Bonchev–Trinajstić information content (AvgIpc) is 3.55. The summed E-state index contributed by atoms with van der Waals surface area (Å²) >= 11 is 0. The monoisotopic (exact) mass is 776 g/mol. The van der Waals surface area contributed by atoms with Gasteiger partial charge in [0.2, 0.25) is 23.6 Å². The first kappa shape index (κ1) is 41.5. The number of para-hydroxylation sites is 1. The van der Waals surface area contributed by atoms with Crippen LogP contribution in [-0.4, -0.2) is 75.0 Å². The van der Waals surface area contributed by atoms with Crippen molar-refractivity contribution < 1.29 is 38.6 Å². The second-order valence-corrected chi connectivity index (χ2v) is 15.2. The maximum atomic E-state index is 14.5. The van der Waals surface area contributed by atoms with Crippen LogP contribution < -0.4 is 27.0 Å². The summed E-state index contributed by atoms with van der Waals surface area (Å²) in [6.45, 7) is 6.50. The van der Waals surface area contributed by atoms with E-state index in [0.29, 0.717) is 16.7 Å². The van der Waals surface area contributed by atoms with Crippen LogP contribution in [0.25, 0.3) is 21.7 Å². The number of H-pyrrole nitrogens is 1. The largest absolute Gasteiger partial charge is 0.481 e. The van der Waals surface area contributed by atoms with Crippen LogP contribution in [0.4, 0.5) is 4.79 Å². The zero-order valence-corrected chi connectivity index (χ0v) is 32.3. The van der Waals surface area contributed by atoms with Gasteiger partial charge in [-0.3, -0.25) is 24.0 Å². The fraction of sp³-hybridized carbons (Fsp3) is 0.302. The number of hydrogen-bond acceptors (Lipinski definition) is 7. The van der Waals surface area contributed by atoms with Crippen molar-refractivity contribution in [2.24, 2.45) is 5.73 Å². The van der Waals surface area contributed by atoms with Crippen molar-refractivity contribution >= 4 is 57.4 Å². The highest BCUT2D eigenvalue weighted by Crippen LogP contribution is 2.23. The number of amides is 5. The number of nitrogens with one attached hydrogen (secondary N) is 5. The van der Waals surface area contributed by atoms with Crippen LogP contribution in [0.15, 0.2) is 103 Å². The molecule has 298 valence electrons. The number of carboxylic acid groups (broad SMARTS) is 1. The summed E-state index contributed by atoms with van der Waals surface area (Å²) < 4.78 is 5.49. The SMILES string of the molecule is CC(C)(C)OC(=O)N[C@@H](Cc1c[nH]c2ccccc12)C(=O)N[C@@](C)(Cc1ccc2ccccc2c1)C(=O)N[C@@H](CC(=O)O)C(=O)N[C@@H](Cc1ccccc1)C(N)=O. The third-order valence-corrected chi connectivity index (χ3v) is 9.32. The topological polar surface area (TPSA) is 222 Å².